The fourth-order valence-corrected chi connectivity index (χ4v) is 6.04. The van der Waals surface area contributed by atoms with E-state index in [0.29, 0.717) is 17.9 Å². The summed E-state index contributed by atoms with van der Waals surface area (Å²) < 4.78 is 7.72. The van der Waals surface area contributed by atoms with Gasteiger partial charge in [-0.3, -0.25) is 9.69 Å². The van der Waals surface area contributed by atoms with Gasteiger partial charge in [-0.1, -0.05) is 6.07 Å². The molecule has 4 aromatic rings. The van der Waals surface area contributed by atoms with E-state index in [2.05, 4.69) is 47.7 Å². The number of carbonyl (C=O) groups is 1. The number of amides is 1. The third-order valence-corrected chi connectivity index (χ3v) is 8.27. The van der Waals surface area contributed by atoms with E-state index in [0.717, 1.165) is 72.3 Å². The van der Waals surface area contributed by atoms with Crippen LogP contribution in [0.25, 0.3) is 33.8 Å². The lowest BCUT2D eigenvalue weighted by atomic mass is 9.74. The lowest BCUT2D eigenvalue weighted by Gasteiger charge is -2.53. The van der Waals surface area contributed by atoms with Crippen molar-refractivity contribution in [1.29, 1.82) is 0 Å². The Hall–Kier alpha value is -3.76. The first kappa shape index (κ1) is 22.4. The molecule has 2 fully saturated rings. The number of aromatic nitrogens is 6. The molecule has 188 valence electrons. The van der Waals surface area contributed by atoms with E-state index in [-0.39, 0.29) is 11.3 Å². The highest BCUT2D eigenvalue weighted by Gasteiger charge is 2.57. The summed E-state index contributed by atoms with van der Waals surface area (Å²) in [5.74, 6) is 1.48. The first-order valence-electron chi connectivity index (χ1n) is 12.7. The molecule has 3 aromatic heterocycles. The minimum absolute atomic E-state index is 0.0122. The third-order valence-electron chi connectivity index (χ3n) is 8.27. The number of ether oxygens (including phenoxy) is 1. The monoisotopic (exact) mass is 496 g/mol. The van der Waals surface area contributed by atoms with Gasteiger partial charge in [-0.25, -0.2) is 24.9 Å². The van der Waals surface area contributed by atoms with Crippen LogP contribution in [0, 0.1) is 12.3 Å². The van der Waals surface area contributed by atoms with E-state index in [1.165, 1.54) is 0 Å². The number of aryl methyl sites for hydroxylation is 2. The predicted molar refractivity (Wildman–Crippen MR) is 138 cm³/mol. The third kappa shape index (κ3) is 3.18. The summed E-state index contributed by atoms with van der Waals surface area (Å²) in [7, 11) is 0. The van der Waals surface area contributed by atoms with Gasteiger partial charge in [0.25, 0.3) is 0 Å². The zero-order valence-corrected chi connectivity index (χ0v) is 21.2. The molecule has 1 amide bonds. The van der Waals surface area contributed by atoms with Crippen molar-refractivity contribution >= 4 is 22.8 Å². The van der Waals surface area contributed by atoms with Crippen molar-refractivity contribution in [1.82, 2.24) is 34.4 Å². The number of imidazole rings is 1. The maximum atomic E-state index is 13.3. The molecule has 0 bridgehead atoms. The average molecular weight is 497 g/mol. The fourth-order valence-electron chi connectivity index (χ4n) is 6.04. The molecule has 37 heavy (non-hydrogen) atoms. The minimum Gasteiger partial charge on any atom is -0.381 e. The number of anilines is 1. The highest BCUT2D eigenvalue weighted by Crippen LogP contribution is 2.49. The molecule has 1 N–H and O–H groups in total. The molecular weight excluding hydrogens is 468 g/mol. The molecular formula is C27H28N8O2. The molecule has 6 heterocycles. The topological polar surface area (TPSA) is 111 Å². The van der Waals surface area contributed by atoms with E-state index in [1.807, 2.05) is 26.0 Å². The molecule has 3 aliphatic rings. The molecule has 2 saturated heterocycles. The summed E-state index contributed by atoms with van der Waals surface area (Å²) >= 11 is 0. The summed E-state index contributed by atoms with van der Waals surface area (Å²) in [5, 5.41) is 3.10. The van der Waals surface area contributed by atoms with Crippen molar-refractivity contribution in [2.75, 3.05) is 31.6 Å². The first-order valence-corrected chi connectivity index (χ1v) is 12.7. The number of likely N-dealkylation sites (tertiary alicyclic amines) is 1. The zero-order valence-electron chi connectivity index (χ0n) is 21.2. The number of fused-ring (bicyclic) bond motifs is 2. The Bertz CT molecular complexity index is 1550. The van der Waals surface area contributed by atoms with Crippen molar-refractivity contribution in [2.24, 2.45) is 5.41 Å². The summed E-state index contributed by atoms with van der Waals surface area (Å²) in [6.07, 6.45) is 6.21. The predicted octanol–water partition coefficient (Wildman–Crippen LogP) is 3.17. The zero-order chi connectivity index (χ0) is 25.4. The fraction of sp³-hybridized carbons (Fsp3) is 0.407. The van der Waals surface area contributed by atoms with Crippen molar-refractivity contribution in [3.63, 3.8) is 0 Å². The van der Waals surface area contributed by atoms with Crippen LogP contribution in [-0.4, -0.2) is 66.6 Å². The second-order valence-corrected chi connectivity index (χ2v) is 10.5. The second kappa shape index (κ2) is 7.87. The molecule has 1 spiro atoms. The number of nitrogens with zero attached hydrogens (tertiary/aromatic N) is 7. The van der Waals surface area contributed by atoms with Gasteiger partial charge in [0.05, 0.1) is 12.2 Å². The van der Waals surface area contributed by atoms with Crippen LogP contribution in [0.3, 0.4) is 0 Å². The Morgan fingerprint density at radius 1 is 1.11 bits per heavy atom. The van der Waals surface area contributed by atoms with Gasteiger partial charge in [0.2, 0.25) is 5.91 Å². The van der Waals surface area contributed by atoms with Gasteiger partial charge in [0.1, 0.15) is 34.7 Å². The molecule has 3 aliphatic heterocycles. The molecule has 0 unspecified atom stereocenters. The minimum atomic E-state index is -0.738. The highest BCUT2D eigenvalue weighted by molar-refractivity contribution is 6.06. The van der Waals surface area contributed by atoms with Crippen LogP contribution in [0.4, 0.5) is 5.69 Å². The maximum Gasteiger partial charge on any atom is 0.249 e. The van der Waals surface area contributed by atoms with Gasteiger partial charge < -0.3 is 14.6 Å². The number of hydrogen-bond donors (Lipinski definition) is 1. The van der Waals surface area contributed by atoms with Gasteiger partial charge in [-0.15, -0.1) is 0 Å². The smallest absolute Gasteiger partial charge is 0.249 e. The van der Waals surface area contributed by atoms with Gasteiger partial charge in [0, 0.05) is 60.9 Å². The van der Waals surface area contributed by atoms with Crippen molar-refractivity contribution in [3.8, 4) is 22.6 Å². The van der Waals surface area contributed by atoms with Crippen LogP contribution in [0.2, 0.25) is 0 Å². The van der Waals surface area contributed by atoms with Crippen LogP contribution < -0.4 is 5.32 Å². The van der Waals surface area contributed by atoms with Crippen LogP contribution in [0.15, 0.2) is 36.9 Å². The number of hydrogen-bond acceptors (Lipinski definition) is 8. The Balaban J connectivity index is 1.32. The standard InChI is InChI=1S/C27H28N8O2/c1-4-35-23(18-10-28-16(2)29-11-18)33-22-21(30-15-31-24(22)35)17-5-6-20-19(9-17)26(3,25(36)32-20)34-12-27(13-34)7-8-37-14-27/h5-6,9-11,15H,4,7-8,12-14H2,1-3H3,(H,32,36)/t26-/m0/s1. The van der Waals surface area contributed by atoms with E-state index >= 15 is 0 Å². The Morgan fingerprint density at radius 3 is 2.65 bits per heavy atom. The van der Waals surface area contributed by atoms with Crippen molar-refractivity contribution in [3.05, 3.63) is 48.3 Å². The number of carbonyl (C=O) groups excluding carboxylic acids is 1. The summed E-state index contributed by atoms with van der Waals surface area (Å²) in [4.78, 5) is 38.4. The normalized spacial score (nSPS) is 22.4. The first-order chi connectivity index (χ1) is 17.9. The molecule has 10 heteroatoms. The van der Waals surface area contributed by atoms with E-state index in [1.54, 1.807) is 18.7 Å². The summed E-state index contributed by atoms with van der Waals surface area (Å²) in [6.45, 7) is 9.95. The van der Waals surface area contributed by atoms with Gasteiger partial charge in [-0.05, 0) is 39.3 Å². The van der Waals surface area contributed by atoms with E-state index in [4.69, 9.17) is 9.72 Å². The second-order valence-electron chi connectivity index (χ2n) is 10.5. The average Bonchev–Trinajstić information content (AvgIpc) is 3.59. The molecule has 0 radical (unpaired) electrons. The van der Waals surface area contributed by atoms with E-state index < -0.39 is 5.54 Å². The lowest BCUT2D eigenvalue weighted by Crippen LogP contribution is -2.65. The van der Waals surface area contributed by atoms with Crippen molar-refractivity contribution in [2.45, 2.75) is 39.3 Å². The Morgan fingerprint density at radius 2 is 1.92 bits per heavy atom. The van der Waals surface area contributed by atoms with Crippen LogP contribution in [0.5, 0.6) is 0 Å². The van der Waals surface area contributed by atoms with Crippen LogP contribution >= 0.6 is 0 Å². The molecule has 0 aliphatic carbocycles. The number of rotatable bonds is 4. The molecule has 7 rings (SSSR count). The maximum absolute atomic E-state index is 13.3. The summed E-state index contributed by atoms with van der Waals surface area (Å²) in [6, 6.07) is 6.06. The van der Waals surface area contributed by atoms with Crippen LogP contribution in [-0.2, 0) is 21.6 Å². The highest BCUT2D eigenvalue weighted by atomic mass is 16.5. The number of nitrogens with one attached hydrogen (secondary N) is 1. The summed E-state index contributed by atoms with van der Waals surface area (Å²) in [5.41, 5.74) is 5.20. The Kier molecular flexibility index (Phi) is 4.77. The largest absolute Gasteiger partial charge is 0.381 e. The SMILES string of the molecule is CCn1c(-c2cnc(C)nc2)nc2c(-c3ccc4c(c3)[C@](C)(N3CC5(CCOC5)C3)C(=O)N4)ncnc21. The van der Waals surface area contributed by atoms with Gasteiger partial charge in [0.15, 0.2) is 5.65 Å². The quantitative estimate of drug-likeness (QED) is 0.459. The van der Waals surface area contributed by atoms with Gasteiger partial charge >= 0.3 is 0 Å². The number of benzene rings is 1. The molecule has 1 aromatic carbocycles. The van der Waals surface area contributed by atoms with Gasteiger partial charge in [-0.2, -0.15) is 0 Å². The van der Waals surface area contributed by atoms with Crippen molar-refractivity contribution < 1.29 is 9.53 Å². The lowest BCUT2D eigenvalue weighted by molar-refractivity contribution is -0.138. The molecule has 10 nitrogen and oxygen atoms in total. The Labute approximate surface area is 214 Å². The van der Waals surface area contributed by atoms with Crippen LogP contribution in [0.1, 0.15) is 31.7 Å². The van der Waals surface area contributed by atoms with E-state index in [9.17, 15) is 4.79 Å². The molecule has 0 saturated carbocycles. The molecule has 1 atom stereocenters.